The highest BCUT2D eigenvalue weighted by Crippen LogP contribution is 2.28. The van der Waals surface area contributed by atoms with E-state index in [0.717, 1.165) is 17.8 Å². The Bertz CT molecular complexity index is 827. The SMILES string of the molecule is CCc1nn(-c2ccc(C(F)(F)F)cn2)cc1C=O.OCc1cn[nH]c1. The fourth-order valence-electron chi connectivity index (χ4n) is 1.97. The van der Waals surface area contributed by atoms with Crippen molar-refractivity contribution >= 4 is 6.29 Å². The van der Waals surface area contributed by atoms with E-state index in [0.29, 0.717) is 24.0 Å². The molecular weight excluding hydrogens is 351 g/mol. The average Bonchev–Trinajstić information content (AvgIpc) is 3.30. The van der Waals surface area contributed by atoms with E-state index in [9.17, 15) is 18.0 Å². The summed E-state index contributed by atoms with van der Waals surface area (Å²) in [4.78, 5) is 14.5. The first-order chi connectivity index (χ1) is 12.4. The lowest BCUT2D eigenvalue weighted by atomic mass is 10.2. The molecule has 0 saturated carbocycles. The molecule has 0 atom stereocenters. The van der Waals surface area contributed by atoms with Crippen molar-refractivity contribution in [3.05, 3.63) is 59.3 Å². The van der Waals surface area contributed by atoms with E-state index in [1.165, 1.54) is 16.9 Å². The van der Waals surface area contributed by atoms with Crippen LogP contribution < -0.4 is 0 Å². The summed E-state index contributed by atoms with van der Waals surface area (Å²) in [6.45, 7) is 1.90. The van der Waals surface area contributed by atoms with Crippen molar-refractivity contribution in [2.45, 2.75) is 26.1 Å². The number of halogens is 3. The number of rotatable bonds is 4. The molecule has 3 aromatic rings. The summed E-state index contributed by atoms with van der Waals surface area (Å²) in [7, 11) is 0. The summed E-state index contributed by atoms with van der Waals surface area (Å²) < 4.78 is 38.5. The van der Waals surface area contributed by atoms with Crippen LogP contribution in [0, 0.1) is 0 Å². The van der Waals surface area contributed by atoms with Gasteiger partial charge in [-0.25, -0.2) is 9.67 Å². The first-order valence-electron chi connectivity index (χ1n) is 7.54. The van der Waals surface area contributed by atoms with Crippen LogP contribution in [-0.2, 0) is 19.2 Å². The van der Waals surface area contributed by atoms with Gasteiger partial charge in [-0.2, -0.15) is 23.4 Å². The minimum absolute atomic E-state index is 0.0660. The first kappa shape index (κ1) is 19.3. The van der Waals surface area contributed by atoms with Gasteiger partial charge in [0, 0.05) is 24.2 Å². The molecule has 0 spiro atoms. The first-order valence-corrected chi connectivity index (χ1v) is 7.54. The molecule has 10 heteroatoms. The molecule has 7 nitrogen and oxygen atoms in total. The molecule has 2 N–H and O–H groups in total. The molecule has 0 unspecified atom stereocenters. The summed E-state index contributed by atoms with van der Waals surface area (Å²) >= 11 is 0. The van der Waals surface area contributed by atoms with E-state index in [2.05, 4.69) is 20.3 Å². The lowest BCUT2D eigenvalue weighted by Crippen LogP contribution is -2.07. The Morgan fingerprint density at radius 1 is 1.31 bits per heavy atom. The molecule has 26 heavy (non-hydrogen) atoms. The van der Waals surface area contributed by atoms with Crippen LogP contribution in [0.5, 0.6) is 0 Å². The Morgan fingerprint density at radius 2 is 2.08 bits per heavy atom. The largest absolute Gasteiger partial charge is 0.417 e. The second-order valence-corrected chi connectivity index (χ2v) is 5.11. The van der Waals surface area contributed by atoms with Gasteiger partial charge in [0.05, 0.1) is 29.6 Å². The topological polar surface area (TPSA) is 96.7 Å². The van der Waals surface area contributed by atoms with Crippen LogP contribution >= 0.6 is 0 Å². The highest BCUT2D eigenvalue weighted by atomic mass is 19.4. The molecule has 0 aliphatic rings. The third-order valence-corrected chi connectivity index (χ3v) is 3.33. The number of aryl methyl sites for hydroxylation is 1. The molecule has 0 aliphatic carbocycles. The Labute approximate surface area is 146 Å². The maximum Gasteiger partial charge on any atom is 0.417 e. The number of nitrogens with zero attached hydrogens (tertiary/aromatic N) is 4. The summed E-state index contributed by atoms with van der Waals surface area (Å²) in [5.74, 6) is 0.232. The van der Waals surface area contributed by atoms with Gasteiger partial charge in [0.2, 0.25) is 0 Å². The number of aromatic amines is 1. The van der Waals surface area contributed by atoms with Crippen molar-refractivity contribution in [3.8, 4) is 5.82 Å². The summed E-state index contributed by atoms with van der Waals surface area (Å²) in [5.41, 5.74) is 0.982. The molecule has 3 rings (SSSR count). The van der Waals surface area contributed by atoms with Crippen LogP contribution in [0.4, 0.5) is 13.2 Å². The second kappa shape index (κ2) is 8.39. The van der Waals surface area contributed by atoms with Crippen LogP contribution in [-0.4, -0.2) is 36.4 Å². The number of hydrogen-bond acceptors (Lipinski definition) is 5. The second-order valence-electron chi connectivity index (χ2n) is 5.11. The summed E-state index contributed by atoms with van der Waals surface area (Å²) in [6.07, 6.45) is 2.22. The Morgan fingerprint density at radius 3 is 2.46 bits per heavy atom. The number of carbonyl (C=O) groups is 1. The standard InChI is InChI=1S/C12H10F3N3O.C4H6N2O/c1-2-10-8(7-19)6-18(17-10)11-4-3-9(5-16-11)12(13,14)15;7-3-4-1-5-6-2-4/h3-7H,2H2,1H3;1-2,7H,3H2,(H,5,6). The lowest BCUT2D eigenvalue weighted by Gasteiger charge is -2.06. The molecular formula is C16H16F3N5O2. The molecule has 3 heterocycles. The Hall–Kier alpha value is -3.01. The number of H-pyrrole nitrogens is 1. The van der Waals surface area contributed by atoms with Crippen LogP contribution in [0.25, 0.3) is 5.82 Å². The normalized spacial score (nSPS) is 11.0. The van der Waals surface area contributed by atoms with Gasteiger partial charge in [-0.15, -0.1) is 0 Å². The Kier molecular flexibility index (Phi) is 6.23. The van der Waals surface area contributed by atoms with Crippen molar-refractivity contribution < 1.29 is 23.1 Å². The number of pyridine rings is 1. The van der Waals surface area contributed by atoms with Gasteiger partial charge < -0.3 is 5.11 Å². The van der Waals surface area contributed by atoms with Crippen LogP contribution in [0.1, 0.15) is 34.1 Å². The van der Waals surface area contributed by atoms with Gasteiger partial charge in [-0.3, -0.25) is 9.89 Å². The van der Waals surface area contributed by atoms with Crippen molar-refractivity contribution in [2.75, 3.05) is 0 Å². The maximum atomic E-state index is 12.4. The molecule has 3 aromatic heterocycles. The quantitative estimate of drug-likeness (QED) is 0.691. The zero-order valence-corrected chi connectivity index (χ0v) is 13.7. The monoisotopic (exact) mass is 367 g/mol. The van der Waals surface area contributed by atoms with E-state index in [1.54, 1.807) is 12.4 Å². The highest BCUT2D eigenvalue weighted by molar-refractivity contribution is 5.76. The fraction of sp³-hybridized carbons (Fsp3) is 0.250. The van der Waals surface area contributed by atoms with E-state index in [1.807, 2.05) is 6.92 Å². The fourth-order valence-corrected chi connectivity index (χ4v) is 1.97. The van der Waals surface area contributed by atoms with Gasteiger partial charge >= 0.3 is 6.18 Å². The number of aliphatic hydroxyl groups excluding tert-OH is 1. The van der Waals surface area contributed by atoms with Crippen molar-refractivity contribution in [2.24, 2.45) is 0 Å². The Balaban J connectivity index is 0.000000290. The van der Waals surface area contributed by atoms with Crippen LogP contribution in [0.15, 0.2) is 36.9 Å². The lowest BCUT2D eigenvalue weighted by molar-refractivity contribution is -0.137. The predicted octanol–water partition coefficient (Wildman–Crippen LogP) is 2.56. The molecule has 0 aromatic carbocycles. The molecule has 0 amide bonds. The van der Waals surface area contributed by atoms with Gasteiger partial charge in [0.25, 0.3) is 0 Å². The highest BCUT2D eigenvalue weighted by Gasteiger charge is 2.30. The molecule has 138 valence electrons. The number of hydrogen-bond donors (Lipinski definition) is 2. The zero-order valence-electron chi connectivity index (χ0n) is 13.7. The number of aromatic nitrogens is 5. The number of carbonyl (C=O) groups excluding carboxylic acids is 1. The van der Waals surface area contributed by atoms with E-state index in [4.69, 9.17) is 5.11 Å². The smallest absolute Gasteiger partial charge is 0.392 e. The van der Waals surface area contributed by atoms with Gasteiger partial charge in [-0.1, -0.05) is 6.92 Å². The molecule has 0 fully saturated rings. The number of aliphatic hydroxyl groups is 1. The number of nitrogens with one attached hydrogen (secondary N) is 1. The molecule has 0 radical (unpaired) electrons. The van der Waals surface area contributed by atoms with Crippen LogP contribution in [0.2, 0.25) is 0 Å². The third-order valence-electron chi connectivity index (χ3n) is 3.33. The number of aldehydes is 1. The van der Waals surface area contributed by atoms with Gasteiger partial charge in [-0.05, 0) is 18.6 Å². The van der Waals surface area contributed by atoms with Crippen molar-refractivity contribution in [1.29, 1.82) is 0 Å². The van der Waals surface area contributed by atoms with E-state index >= 15 is 0 Å². The van der Waals surface area contributed by atoms with E-state index in [-0.39, 0.29) is 12.4 Å². The summed E-state index contributed by atoms with van der Waals surface area (Å²) in [6, 6.07) is 2.14. The molecule has 0 aliphatic heterocycles. The maximum absolute atomic E-state index is 12.4. The predicted molar refractivity (Wildman–Crippen MR) is 85.6 cm³/mol. The van der Waals surface area contributed by atoms with E-state index < -0.39 is 11.7 Å². The van der Waals surface area contributed by atoms with Crippen LogP contribution in [0.3, 0.4) is 0 Å². The molecule has 0 bridgehead atoms. The third kappa shape index (κ3) is 4.76. The minimum Gasteiger partial charge on any atom is -0.392 e. The summed E-state index contributed by atoms with van der Waals surface area (Å²) in [5, 5.41) is 18.6. The zero-order chi connectivity index (χ0) is 19.2. The van der Waals surface area contributed by atoms with Gasteiger partial charge in [0.15, 0.2) is 12.1 Å². The van der Waals surface area contributed by atoms with Crippen molar-refractivity contribution in [1.82, 2.24) is 25.0 Å². The van der Waals surface area contributed by atoms with Crippen molar-refractivity contribution in [3.63, 3.8) is 0 Å². The molecule has 0 saturated heterocycles. The minimum atomic E-state index is -4.42. The van der Waals surface area contributed by atoms with Gasteiger partial charge in [0.1, 0.15) is 0 Å². The number of alkyl halides is 3. The average molecular weight is 367 g/mol.